The summed E-state index contributed by atoms with van der Waals surface area (Å²) in [5.41, 5.74) is 0.908. The molecule has 0 atom stereocenters. The Bertz CT molecular complexity index is 537. The minimum Gasteiger partial charge on any atom is -0.352 e. The van der Waals surface area contributed by atoms with Crippen LogP contribution >= 0.6 is 0 Å². The second kappa shape index (κ2) is 7.49. The molecule has 1 aromatic rings. The summed E-state index contributed by atoms with van der Waals surface area (Å²) in [5.74, 6) is 2.42. The summed E-state index contributed by atoms with van der Waals surface area (Å²) in [7, 11) is 0. The summed E-state index contributed by atoms with van der Waals surface area (Å²) >= 11 is 0. The Labute approximate surface area is 126 Å². The Morgan fingerprint density at radius 2 is 1.76 bits per heavy atom. The van der Waals surface area contributed by atoms with Gasteiger partial charge >= 0.3 is 0 Å². The molecule has 4 nitrogen and oxygen atoms in total. The SMILES string of the molecule is C#CC(CC)(CC)NC(=O)c1ccc(CNC(C)=O)cc1. The van der Waals surface area contributed by atoms with Gasteiger partial charge in [0.05, 0.1) is 0 Å². The van der Waals surface area contributed by atoms with Gasteiger partial charge in [-0.2, -0.15) is 0 Å². The molecule has 0 aromatic heterocycles. The van der Waals surface area contributed by atoms with Crippen molar-refractivity contribution < 1.29 is 9.59 Å². The highest BCUT2D eigenvalue weighted by Gasteiger charge is 2.25. The Morgan fingerprint density at radius 3 is 2.19 bits per heavy atom. The molecule has 112 valence electrons. The Morgan fingerprint density at radius 1 is 1.19 bits per heavy atom. The molecule has 0 saturated carbocycles. The maximum atomic E-state index is 12.2. The maximum absolute atomic E-state index is 12.2. The molecule has 0 aliphatic rings. The van der Waals surface area contributed by atoms with E-state index in [2.05, 4.69) is 16.6 Å². The fourth-order valence-electron chi connectivity index (χ4n) is 1.96. The molecule has 0 bridgehead atoms. The van der Waals surface area contributed by atoms with Crippen molar-refractivity contribution in [2.24, 2.45) is 0 Å². The predicted molar refractivity (Wildman–Crippen MR) is 83.6 cm³/mol. The molecule has 1 aromatic carbocycles. The number of rotatable bonds is 6. The van der Waals surface area contributed by atoms with Gasteiger partial charge in [-0.15, -0.1) is 6.42 Å². The standard InChI is InChI=1S/C17H22N2O2/c1-5-17(6-2,7-3)19-16(21)15-10-8-14(9-11-15)12-18-13(4)20/h1,8-11H,6-7,12H2,2-4H3,(H,18,20)(H,19,21). The van der Waals surface area contributed by atoms with Crippen LogP contribution in [0.1, 0.15) is 49.5 Å². The van der Waals surface area contributed by atoms with Crippen molar-refractivity contribution in [1.82, 2.24) is 10.6 Å². The summed E-state index contributed by atoms with van der Waals surface area (Å²) in [6, 6.07) is 7.11. The fraction of sp³-hybridized carbons (Fsp3) is 0.412. The lowest BCUT2D eigenvalue weighted by molar-refractivity contribution is -0.119. The summed E-state index contributed by atoms with van der Waals surface area (Å²) in [4.78, 5) is 23.1. The van der Waals surface area contributed by atoms with E-state index in [4.69, 9.17) is 6.42 Å². The van der Waals surface area contributed by atoms with Crippen molar-refractivity contribution in [1.29, 1.82) is 0 Å². The van der Waals surface area contributed by atoms with E-state index in [1.54, 1.807) is 12.1 Å². The van der Waals surface area contributed by atoms with E-state index in [0.717, 1.165) is 5.56 Å². The molecule has 0 heterocycles. The Hall–Kier alpha value is -2.28. The second-order valence-corrected chi connectivity index (χ2v) is 4.99. The van der Waals surface area contributed by atoms with Gasteiger partial charge < -0.3 is 10.6 Å². The van der Waals surface area contributed by atoms with Crippen LogP contribution in [0.15, 0.2) is 24.3 Å². The van der Waals surface area contributed by atoms with Crippen molar-refractivity contribution >= 4 is 11.8 Å². The first-order valence-electron chi connectivity index (χ1n) is 7.10. The van der Waals surface area contributed by atoms with E-state index < -0.39 is 5.54 Å². The third-order valence-electron chi connectivity index (χ3n) is 3.59. The number of terminal acetylenes is 1. The molecule has 2 amide bonds. The van der Waals surface area contributed by atoms with Crippen LogP contribution in [0.2, 0.25) is 0 Å². The van der Waals surface area contributed by atoms with E-state index in [1.807, 2.05) is 26.0 Å². The lowest BCUT2D eigenvalue weighted by atomic mass is 9.93. The number of carbonyl (C=O) groups is 2. The van der Waals surface area contributed by atoms with Crippen molar-refractivity contribution in [2.45, 2.75) is 45.7 Å². The zero-order valence-corrected chi connectivity index (χ0v) is 12.8. The summed E-state index contributed by atoms with van der Waals surface area (Å²) < 4.78 is 0. The molecule has 0 saturated heterocycles. The van der Waals surface area contributed by atoms with Gasteiger partial charge in [-0.3, -0.25) is 9.59 Å². The topological polar surface area (TPSA) is 58.2 Å². The third kappa shape index (κ3) is 4.64. The van der Waals surface area contributed by atoms with Crippen molar-refractivity contribution in [3.63, 3.8) is 0 Å². The van der Waals surface area contributed by atoms with Gasteiger partial charge in [-0.05, 0) is 30.5 Å². The normalized spacial score (nSPS) is 10.6. The van der Waals surface area contributed by atoms with Crippen LogP contribution in [0, 0.1) is 12.3 Å². The Kier molecular flexibility index (Phi) is 5.98. The largest absolute Gasteiger partial charge is 0.352 e. The quantitative estimate of drug-likeness (QED) is 0.788. The molecular formula is C17H22N2O2. The van der Waals surface area contributed by atoms with Crippen LogP contribution in [0.5, 0.6) is 0 Å². The predicted octanol–water partition coefficient (Wildman–Crippen LogP) is 2.24. The lowest BCUT2D eigenvalue weighted by Gasteiger charge is -2.27. The highest BCUT2D eigenvalue weighted by atomic mass is 16.2. The number of hydrogen-bond donors (Lipinski definition) is 2. The Balaban J connectivity index is 2.76. The smallest absolute Gasteiger partial charge is 0.252 e. The van der Waals surface area contributed by atoms with Crippen molar-refractivity contribution in [2.75, 3.05) is 0 Å². The monoisotopic (exact) mass is 286 g/mol. The van der Waals surface area contributed by atoms with E-state index >= 15 is 0 Å². The van der Waals surface area contributed by atoms with Crippen LogP contribution < -0.4 is 10.6 Å². The van der Waals surface area contributed by atoms with Gasteiger partial charge in [0.25, 0.3) is 5.91 Å². The average molecular weight is 286 g/mol. The number of nitrogens with one attached hydrogen (secondary N) is 2. The van der Waals surface area contributed by atoms with Crippen molar-refractivity contribution in [3.8, 4) is 12.3 Å². The average Bonchev–Trinajstić information content (AvgIpc) is 2.51. The van der Waals surface area contributed by atoms with Gasteiger partial charge in [-0.25, -0.2) is 0 Å². The van der Waals surface area contributed by atoms with Crippen LogP contribution in [0.25, 0.3) is 0 Å². The molecular weight excluding hydrogens is 264 g/mol. The van der Waals surface area contributed by atoms with E-state index in [-0.39, 0.29) is 11.8 Å². The zero-order valence-electron chi connectivity index (χ0n) is 12.8. The van der Waals surface area contributed by atoms with Gasteiger partial charge in [0.2, 0.25) is 5.91 Å². The molecule has 21 heavy (non-hydrogen) atoms. The second-order valence-electron chi connectivity index (χ2n) is 4.99. The molecule has 4 heteroatoms. The minimum absolute atomic E-state index is 0.0819. The van der Waals surface area contributed by atoms with Crippen LogP contribution in [-0.2, 0) is 11.3 Å². The minimum atomic E-state index is -0.591. The summed E-state index contributed by atoms with van der Waals surface area (Å²) in [6.07, 6.45) is 6.92. The van der Waals surface area contributed by atoms with E-state index in [0.29, 0.717) is 24.9 Å². The molecule has 0 aliphatic carbocycles. The van der Waals surface area contributed by atoms with Crippen molar-refractivity contribution in [3.05, 3.63) is 35.4 Å². The highest BCUT2D eigenvalue weighted by molar-refractivity contribution is 5.95. The molecule has 0 unspecified atom stereocenters. The van der Waals surface area contributed by atoms with Gasteiger partial charge in [-0.1, -0.05) is 31.9 Å². The molecule has 0 radical (unpaired) electrons. The number of hydrogen-bond acceptors (Lipinski definition) is 2. The number of amides is 2. The number of carbonyl (C=O) groups excluding carboxylic acids is 2. The zero-order chi connectivity index (χ0) is 15.9. The first-order chi connectivity index (χ1) is 9.96. The maximum Gasteiger partial charge on any atom is 0.252 e. The molecule has 2 N–H and O–H groups in total. The molecule has 1 rings (SSSR count). The van der Waals surface area contributed by atoms with E-state index in [9.17, 15) is 9.59 Å². The van der Waals surface area contributed by atoms with Crippen LogP contribution in [-0.4, -0.2) is 17.4 Å². The first kappa shape index (κ1) is 16.8. The highest BCUT2D eigenvalue weighted by Crippen LogP contribution is 2.15. The van der Waals surface area contributed by atoms with Crippen LogP contribution in [0.3, 0.4) is 0 Å². The fourth-order valence-corrected chi connectivity index (χ4v) is 1.96. The third-order valence-corrected chi connectivity index (χ3v) is 3.59. The summed E-state index contributed by atoms with van der Waals surface area (Å²) in [6.45, 7) is 5.84. The molecule has 0 spiro atoms. The van der Waals surface area contributed by atoms with Crippen LogP contribution in [0.4, 0.5) is 0 Å². The van der Waals surface area contributed by atoms with Gasteiger partial charge in [0.15, 0.2) is 0 Å². The molecule has 0 fully saturated rings. The van der Waals surface area contributed by atoms with E-state index in [1.165, 1.54) is 6.92 Å². The lowest BCUT2D eigenvalue weighted by Crippen LogP contribution is -2.46. The van der Waals surface area contributed by atoms with Gasteiger partial charge in [0.1, 0.15) is 5.54 Å². The summed E-state index contributed by atoms with van der Waals surface area (Å²) in [5, 5.41) is 5.63. The molecule has 0 aliphatic heterocycles. The first-order valence-corrected chi connectivity index (χ1v) is 7.10. The van der Waals surface area contributed by atoms with Gasteiger partial charge in [0, 0.05) is 19.0 Å². The number of benzene rings is 1.